The molecule has 3 aromatic carbocycles. The van der Waals surface area contributed by atoms with E-state index in [4.69, 9.17) is 21.1 Å². The molecule has 0 heterocycles. The molecule has 6 heteroatoms. The standard InChI is InChI=1S/C21H18ClNO3S/c1-25-16-5-4-6-17(13-16)26-14-21(24)23-19-7-2-3-8-20(19)27-18-11-9-15(22)10-12-18/h2-13H,14H2,1H3,(H,23,24). The fraction of sp³-hybridized carbons (Fsp3) is 0.0952. The van der Waals surface area contributed by atoms with Crippen LogP contribution < -0.4 is 14.8 Å². The molecule has 0 spiro atoms. The summed E-state index contributed by atoms with van der Waals surface area (Å²) in [6.45, 7) is -0.0902. The normalized spacial score (nSPS) is 10.3. The number of halogens is 1. The number of benzene rings is 3. The molecule has 0 aromatic heterocycles. The van der Waals surface area contributed by atoms with Gasteiger partial charge in [-0.1, -0.05) is 41.6 Å². The third kappa shape index (κ3) is 5.67. The Morgan fingerprint density at radius 2 is 1.74 bits per heavy atom. The zero-order valence-electron chi connectivity index (χ0n) is 14.6. The molecule has 0 saturated heterocycles. The van der Waals surface area contributed by atoms with Crippen LogP contribution in [0.15, 0.2) is 82.6 Å². The molecule has 0 aliphatic rings. The van der Waals surface area contributed by atoms with E-state index in [0.29, 0.717) is 16.5 Å². The second-order valence-corrected chi connectivity index (χ2v) is 7.12. The van der Waals surface area contributed by atoms with Gasteiger partial charge in [0.2, 0.25) is 0 Å². The summed E-state index contributed by atoms with van der Waals surface area (Å²) < 4.78 is 10.7. The van der Waals surface area contributed by atoms with Gasteiger partial charge >= 0.3 is 0 Å². The molecule has 0 radical (unpaired) electrons. The van der Waals surface area contributed by atoms with Crippen molar-refractivity contribution in [3.8, 4) is 11.5 Å². The summed E-state index contributed by atoms with van der Waals surface area (Å²) in [7, 11) is 1.58. The first kappa shape index (κ1) is 19.1. The Morgan fingerprint density at radius 3 is 2.52 bits per heavy atom. The number of rotatable bonds is 7. The van der Waals surface area contributed by atoms with Gasteiger partial charge in [0.1, 0.15) is 11.5 Å². The van der Waals surface area contributed by atoms with Gasteiger partial charge in [-0.2, -0.15) is 0 Å². The topological polar surface area (TPSA) is 47.6 Å². The van der Waals surface area contributed by atoms with Gasteiger partial charge in [0.15, 0.2) is 6.61 Å². The minimum Gasteiger partial charge on any atom is -0.497 e. The third-order valence-electron chi connectivity index (χ3n) is 3.61. The van der Waals surface area contributed by atoms with Crippen LogP contribution in [0.3, 0.4) is 0 Å². The Kier molecular flexibility index (Phi) is 6.63. The zero-order chi connectivity index (χ0) is 19.1. The summed E-state index contributed by atoms with van der Waals surface area (Å²) in [5.74, 6) is 1.02. The molecule has 1 N–H and O–H groups in total. The largest absolute Gasteiger partial charge is 0.497 e. The molecule has 27 heavy (non-hydrogen) atoms. The van der Waals surface area contributed by atoms with Crippen LogP contribution >= 0.6 is 23.4 Å². The van der Waals surface area contributed by atoms with E-state index in [1.165, 1.54) is 0 Å². The van der Waals surface area contributed by atoms with E-state index in [1.54, 1.807) is 31.0 Å². The highest BCUT2D eigenvalue weighted by Crippen LogP contribution is 2.33. The smallest absolute Gasteiger partial charge is 0.262 e. The van der Waals surface area contributed by atoms with Crippen LogP contribution in [0.1, 0.15) is 0 Å². The number of anilines is 1. The van der Waals surface area contributed by atoms with E-state index >= 15 is 0 Å². The molecular weight excluding hydrogens is 382 g/mol. The van der Waals surface area contributed by atoms with E-state index in [1.807, 2.05) is 60.7 Å². The van der Waals surface area contributed by atoms with Gasteiger partial charge < -0.3 is 14.8 Å². The first-order valence-electron chi connectivity index (χ1n) is 8.23. The maximum absolute atomic E-state index is 12.3. The van der Waals surface area contributed by atoms with Crippen LogP contribution in [0.4, 0.5) is 5.69 Å². The van der Waals surface area contributed by atoms with Crippen molar-refractivity contribution in [1.82, 2.24) is 0 Å². The number of amides is 1. The van der Waals surface area contributed by atoms with Gasteiger partial charge in [0.05, 0.1) is 12.8 Å². The summed E-state index contributed by atoms with van der Waals surface area (Å²) in [6.07, 6.45) is 0. The van der Waals surface area contributed by atoms with E-state index in [-0.39, 0.29) is 12.5 Å². The molecule has 0 atom stereocenters. The van der Waals surface area contributed by atoms with Gasteiger partial charge in [-0.25, -0.2) is 0 Å². The highest BCUT2D eigenvalue weighted by Gasteiger charge is 2.09. The fourth-order valence-corrected chi connectivity index (χ4v) is 3.34. The van der Waals surface area contributed by atoms with Crippen molar-refractivity contribution in [1.29, 1.82) is 0 Å². The van der Waals surface area contributed by atoms with Crippen molar-refractivity contribution in [3.05, 3.63) is 77.8 Å². The molecule has 0 unspecified atom stereocenters. The summed E-state index contributed by atoms with van der Waals surface area (Å²) in [4.78, 5) is 14.3. The SMILES string of the molecule is COc1cccc(OCC(=O)Nc2ccccc2Sc2ccc(Cl)cc2)c1. The maximum Gasteiger partial charge on any atom is 0.262 e. The number of carbonyl (C=O) groups excluding carboxylic acids is 1. The number of ether oxygens (including phenoxy) is 2. The first-order chi connectivity index (χ1) is 13.1. The quantitative estimate of drug-likeness (QED) is 0.568. The molecule has 4 nitrogen and oxygen atoms in total. The molecule has 3 aromatic rings. The molecular formula is C21H18ClNO3S. The van der Waals surface area contributed by atoms with E-state index in [0.717, 1.165) is 15.5 Å². The number of para-hydroxylation sites is 1. The zero-order valence-corrected chi connectivity index (χ0v) is 16.2. The third-order valence-corrected chi connectivity index (χ3v) is 4.95. The van der Waals surface area contributed by atoms with Crippen LogP contribution in [0.2, 0.25) is 5.02 Å². The Morgan fingerprint density at radius 1 is 1.00 bits per heavy atom. The predicted octanol–water partition coefficient (Wildman–Crippen LogP) is 5.52. The lowest BCUT2D eigenvalue weighted by molar-refractivity contribution is -0.118. The highest BCUT2D eigenvalue weighted by atomic mass is 35.5. The predicted molar refractivity (Wildman–Crippen MR) is 109 cm³/mol. The van der Waals surface area contributed by atoms with Crippen molar-refractivity contribution in [2.75, 3.05) is 19.0 Å². The van der Waals surface area contributed by atoms with E-state index < -0.39 is 0 Å². The van der Waals surface area contributed by atoms with Crippen LogP contribution in [-0.4, -0.2) is 19.6 Å². The van der Waals surface area contributed by atoms with Gasteiger partial charge in [0, 0.05) is 20.9 Å². The first-order valence-corrected chi connectivity index (χ1v) is 9.42. The Bertz CT molecular complexity index is 915. The minimum atomic E-state index is -0.234. The van der Waals surface area contributed by atoms with Crippen molar-refractivity contribution in [3.63, 3.8) is 0 Å². The molecule has 0 bridgehead atoms. The average molecular weight is 400 g/mol. The second-order valence-electron chi connectivity index (χ2n) is 5.57. The Balaban J connectivity index is 1.62. The lowest BCUT2D eigenvalue weighted by atomic mass is 10.3. The minimum absolute atomic E-state index is 0.0902. The van der Waals surface area contributed by atoms with Crippen LogP contribution in [0.5, 0.6) is 11.5 Å². The van der Waals surface area contributed by atoms with Gasteiger partial charge in [-0.15, -0.1) is 0 Å². The van der Waals surface area contributed by atoms with Crippen molar-refractivity contribution in [2.45, 2.75) is 9.79 Å². The summed E-state index contributed by atoms with van der Waals surface area (Å²) in [6, 6.07) is 22.3. The summed E-state index contributed by atoms with van der Waals surface area (Å²) >= 11 is 7.48. The number of hydrogen-bond acceptors (Lipinski definition) is 4. The lowest BCUT2D eigenvalue weighted by Gasteiger charge is -2.12. The number of carbonyl (C=O) groups is 1. The van der Waals surface area contributed by atoms with Crippen LogP contribution in [-0.2, 0) is 4.79 Å². The lowest BCUT2D eigenvalue weighted by Crippen LogP contribution is -2.20. The Labute approximate surface area is 167 Å². The monoisotopic (exact) mass is 399 g/mol. The number of methoxy groups -OCH3 is 1. The van der Waals surface area contributed by atoms with Gasteiger partial charge in [-0.05, 0) is 48.5 Å². The molecule has 0 aliphatic heterocycles. The average Bonchev–Trinajstić information content (AvgIpc) is 2.70. The molecule has 3 rings (SSSR count). The van der Waals surface area contributed by atoms with Crippen LogP contribution in [0, 0.1) is 0 Å². The Hall–Kier alpha value is -2.63. The highest BCUT2D eigenvalue weighted by molar-refractivity contribution is 7.99. The molecule has 0 aliphatic carbocycles. The molecule has 138 valence electrons. The van der Waals surface area contributed by atoms with E-state index in [2.05, 4.69) is 5.32 Å². The van der Waals surface area contributed by atoms with E-state index in [9.17, 15) is 4.79 Å². The molecule has 0 saturated carbocycles. The van der Waals surface area contributed by atoms with Crippen molar-refractivity contribution < 1.29 is 14.3 Å². The van der Waals surface area contributed by atoms with Gasteiger partial charge in [-0.3, -0.25) is 4.79 Å². The molecule has 1 amide bonds. The maximum atomic E-state index is 12.3. The number of nitrogens with one attached hydrogen (secondary N) is 1. The molecule has 0 fully saturated rings. The van der Waals surface area contributed by atoms with Crippen molar-refractivity contribution >= 4 is 35.0 Å². The number of hydrogen-bond donors (Lipinski definition) is 1. The summed E-state index contributed by atoms with van der Waals surface area (Å²) in [5, 5.41) is 3.59. The second kappa shape index (κ2) is 9.35. The fourth-order valence-electron chi connectivity index (χ4n) is 2.31. The summed E-state index contributed by atoms with van der Waals surface area (Å²) in [5.41, 5.74) is 0.733. The van der Waals surface area contributed by atoms with Crippen molar-refractivity contribution in [2.24, 2.45) is 0 Å². The van der Waals surface area contributed by atoms with Gasteiger partial charge in [0.25, 0.3) is 5.91 Å². The van der Waals surface area contributed by atoms with Crippen LogP contribution in [0.25, 0.3) is 0 Å².